The van der Waals surface area contributed by atoms with E-state index in [4.69, 9.17) is 4.74 Å². The monoisotopic (exact) mass is 455 g/mol. The Morgan fingerprint density at radius 3 is 2.28 bits per heavy atom. The Morgan fingerprint density at radius 1 is 1.03 bits per heavy atom. The summed E-state index contributed by atoms with van der Waals surface area (Å²) in [4.78, 5) is 0.409. The van der Waals surface area contributed by atoms with E-state index in [2.05, 4.69) is 39.8 Å². The van der Waals surface area contributed by atoms with Gasteiger partial charge in [-0.05, 0) is 61.6 Å². The molecule has 1 heterocycles. The molecular weight excluding hydrogens is 418 g/mol. The second kappa shape index (κ2) is 8.92. The Bertz CT molecular complexity index is 1020. The molecule has 2 aromatic carbocycles. The topological polar surface area (TPSA) is 46.6 Å². The lowest BCUT2D eigenvalue weighted by Gasteiger charge is -2.37. The normalized spacial score (nSPS) is 26.5. The molecule has 1 aliphatic heterocycles. The SMILES string of the molecule is Cc1ccc(S(=O)(=O)N2C(C(C)C)C[C@@H]3C[C@@]32CC(OCc2ccccc2)C(C)C)cc1. The van der Waals surface area contributed by atoms with Crippen LogP contribution in [0.5, 0.6) is 0 Å². The van der Waals surface area contributed by atoms with E-state index in [1.165, 1.54) is 0 Å². The van der Waals surface area contributed by atoms with Gasteiger partial charge in [-0.3, -0.25) is 0 Å². The van der Waals surface area contributed by atoms with Crippen LogP contribution >= 0.6 is 0 Å². The van der Waals surface area contributed by atoms with Crippen LogP contribution in [0.15, 0.2) is 59.5 Å². The van der Waals surface area contributed by atoms with Gasteiger partial charge in [-0.15, -0.1) is 0 Å². The number of sulfonamides is 1. The number of hydrogen-bond acceptors (Lipinski definition) is 3. The predicted molar refractivity (Wildman–Crippen MR) is 129 cm³/mol. The Balaban J connectivity index is 1.61. The van der Waals surface area contributed by atoms with E-state index in [-0.39, 0.29) is 23.6 Å². The molecule has 32 heavy (non-hydrogen) atoms. The van der Waals surface area contributed by atoms with Crippen molar-refractivity contribution in [1.29, 1.82) is 0 Å². The van der Waals surface area contributed by atoms with Gasteiger partial charge in [0.25, 0.3) is 0 Å². The number of fused-ring (bicyclic) bond motifs is 1. The smallest absolute Gasteiger partial charge is 0.243 e. The summed E-state index contributed by atoms with van der Waals surface area (Å²) in [5.41, 5.74) is 1.90. The number of benzene rings is 2. The maximum atomic E-state index is 13.9. The molecule has 1 saturated heterocycles. The average molecular weight is 456 g/mol. The van der Waals surface area contributed by atoms with Crippen LogP contribution in [-0.4, -0.2) is 30.4 Å². The molecule has 0 amide bonds. The van der Waals surface area contributed by atoms with Crippen LogP contribution in [0.4, 0.5) is 0 Å². The summed E-state index contributed by atoms with van der Waals surface area (Å²) in [5.74, 6) is 1.02. The maximum Gasteiger partial charge on any atom is 0.243 e. The van der Waals surface area contributed by atoms with Crippen LogP contribution in [0.25, 0.3) is 0 Å². The molecule has 4 rings (SSSR count). The van der Waals surface area contributed by atoms with Crippen molar-refractivity contribution in [3.63, 3.8) is 0 Å². The van der Waals surface area contributed by atoms with E-state index >= 15 is 0 Å². The lowest BCUT2D eigenvalue weighted by molar-refractivity contribution is -0.0106. The highest BCUT2D eigenvalue weighted by molar-refractivity contribution is 7.89. The Hall–Kier alpha value is -1.69. The van der Waals surface area contributed by atoms with Gasteiger partial charge in [-0.2, -0.15) is 4.31 Å². The lowest BCUT2D eigenvalue weighted by Crippen LogP contribution is -2.49. The second-order valence-corrected chi connectivity index (χ2v) is 12.3. The Kier molecular flexibility index (Phi) is 6.54. The Morgan fingerprint density at radius 2 is 1.69 bits per heavy atom. The third-order valence-corrected chi connectivity index (χ3v) is 9.44. The molecule has 1 saturated carbocycles. The summed E-state index contributed by atoms with van der Waals surface area (Å²) in [6.07, 6.45) is 2.67. The molecular formula is C27H37NO3S. The zero-order chi connectivity index (χ0) is 23.1. The summed E-state index contributed by atoms with van der Waals surface area (Å²) < 4.78 is 36.1. The highest BCUT2D eigenvalue weighted by atomic mass is 32.2. The lowest BCUT2D eigenvalue weighted by atomic mass is 9.97. The molecule has 0 bridgehead atoms. The van der Waals surface area contributed by atoms with Crippen LogP contribution in [0.1, 0.15) is 58.1 Å². The molecule has 0 spiro atoms. The van der Waals surface area contributed by atoms with Gasteiger partial charge in [0.15, 0.2) is 0 Å². The zero-order valence-corrected chi connectivity index (χ0v) is 20.8. The summed E-state index contributed by atoms with van der Waals surface area (Å²) in [5, 5.41) is 0. The summed E-state index contributed by atoms with van der Waals surface area (Å²) in [6.45, 7) is 11.2. The van der Waals surface area contributed by atoms with Crippen molar-refractivity contribution in [2.75, 3.05) is 0 Å². The number of aryl methyl sites for hydroxylation is 1. The molecule has 5 heteroatoms. The fourth-order valence-electron chi connectivity index (χ4n) is 5.40. The van der Waals surface area contributed by atoms with E-state index in [1.807, 2.05) is 41.6 Å². The molecule has 0 aromatic heterocycles. The fraction of sp³-hybridized carbons (Fsp3) is 0.556. The summed E-state index contributed by atoms with van der Waals surface area (Å²) in [7, 11) is -3.58. The largest absolute Gasteiger partial charge is 0.373 e. The van der Waals surface area contributed by atoms with Crippen molar-refractivity contribution in [1.82, 2.24) is 4.31 Å². The molecule has 0 N–H and O–H groups in total. The van der Waals surface area contributed by atoms with E-state index < -0.39 is 10.0 Å². The number of hydrogen-bond donors (Lipinski definition) is 0. The third kappa shape index (κ3) is 4.40. The van der Waals surface area contributed by atoms with Crippen LogP contribution in [-0.2, 0) is 21.4 Å². The van der Waals surface area contributed by atoms with Gasteiger partial charge >= 0.3 is 0 Å². The van der Waals surface area contributed by atoms with Crippen LogP contribution < -0.4 is 0 Å². The van der Waals surface area contributed by atoms with Gasteiger partial charge in [-0.25, -0.2) is 8.42 Å². The van der Waals surface area contributed by atoms with Crippen LogP contribution in [0.3, 0.4) is 0 Å². The highest BCUT2D eigenvalue weighted by Crippen LogP contribution is 2.63. The first-order chi connectivity index (χ1) is 15.1. The van der Waals surface area contributed by atoms with E-state index in [0.717, 1.165) is 30.4 Å². The molecule has 2 aromatic rings. The van der Waals surface area contributed by atoms with Crippen molar-refractivity contribution < 1.29 is 13.2 Å². The first-order valence-electron chi connectivity index (χ1n) is 11.9. The number of ether oxygens (including phenoxy) is 1. The first-order valence-corrected chi connectivity index (χ1v) is 13.4. The van der Waals surface area contributed by atoms with Gasteiger partial charge in [-0.1, -0.05) is 75.7 Å². The molecule has 2 aliphatic rings. The average Bonchev–Trinajstić information content (AvgIpc) is 3.33. The minimum atomic E-state index is -3.58. The molecule has 1 aliphatic carbocycles. The van der Waals surface area contributed by atoms with Gasteiger partial charge in [0.05, 0.1) is 17.6 Å². The van der Waals surface area contributed by atoms with Crippen molar-refractivity contribution in [2.24, 2.45) is 17.8 Å². The first kappa shape index (κ1) is 23.5. The van der Waals surface area contributed by atoms with Crippen LogP contribution in [0, 0.1) is 24.7 Å². The number of piperidine rings is 1. The Labute approximate surface area is 194 Å². The fourth-order valence-corrected chi connectivity index (χ4v) is 7.57. The molecule has 174 valence electrons. The summed E-state index contributed by atoms with van der Waals surface area (Å²) in [6, 6.07) is 17.6. The minimum absolute atomic E-state index is 0.0156. The van der Waals surface area contributed by atoms with Gasteiger partial charge in [0, 0.05) is 11.6 Å². The van der Waals surface area contributed by atoms with Gasteiger partial charge < -0.3 is 4.74 Å². The molecule has 2 unspecified atom stereocenters. The molecule has 4 atom stereocenters. The van der Waals surface area contributed by atoms with Crippen molar-refractivity contribution >= 4 is 10.0 Å². The van der Waals surface area contributed by atoms with E-state index in [0.29, 0.717) is 23.3 Å². The van der Waals surface area contributed by atoms with Crippen molar-refractivity contribution in [2.45, 2.75) is 83.1 Å². The third-order valence-electron chi connectivity index (χ3n) is 7.42. The molecule has 0 radical (unpaired) electrons. The maximum absolute atomic E-state index is 13.9. The zero-order valence-electron chi connectivity index (χ0n) is 20.0. The van der Waals surface area contributed by atoms with Crippen molar-refractivity contribution in [3.05, 3.63) is 65.7 Å². The van der Waals surface area contributed by atoms with Gasteiger partial charge in [0.1, 0.15) is 0 Å². The van der Waals surface area contributed by atoms with Crippen LogP contribution in [0.2, 0.25) is 0 Å². The predicted octanol–water partition coefficient (Wildman–Crippen LogP) is 5.80. The quantitative estimate of drug-likeness (QED) is 0.480. The molecule has 4 nitrogen and oxygen atoms in total. The summed E-state index contributed by atoms with van der Waals surface area (Å²) >= 11 is 0. The van der Waals surface area contributed by atoms with Crippen molar-refractivity contribution in [3.8, 4) is 0 Å². The standard InChI is InChI=1S/C27H37NO3S/c1-19(2)25-15-23-16-27(23,28(25)32(29,30)24-13-11-21(5)12-14-24)17-26(20(3)4)31-18-22-9-7-6-8-10-22/h6-14,19-20,23,25-26H,15-18H2,1-5H3/t23-,25?,26?,27-/m1/s1. The minimum Gasteiger partial charge on any atom is -0.373 e. The second-order valence-electron chi connectivity index (χ2n) is 10.4. The molecule has 2 fully saturated rings. The number of nitrogens with zero attached hydrogens (tertiary/aromatic N) is 1. The van der Waals surface area contributed by atoms with E-state index in [9.17, 15) is 8.42 Å². The van der Waals surface area contributed by atoms with E-state index in [1.54, 1.807) is 12.1 Å². The number of rotatable bonds is 9. The van der Waals surface area contributed by atoms with Gasteiger partial charge in [0.2, 0.25) is 10.0 Å². The highest BCUT2D eigenvalue weighted by Gasteiger charge is 2.69.